The highest BCUT2D eigenvalue weighted by Gasteiger charge is 2.25. The Balaban J connectivity index is 1.58. The van der Waals surface area contributed by atoms with E-state index in [1.54, 1.807) is 0 Å². The number of hydrogen-bond donors (Lipinski definition) is 2. The molecule has 1 aromatic carbocycles. The van der Waals surface area contributed by atoms with Crippen molar-refractivity contribution in [2.24, 2.45) is 10.9 Å². The quantitative estimate of drug-likeness (QED) is 0.547. The van der Waals surface area contributed by atoms with E-state index < -0.39 is 0 Å². The van der Waals surface area contributed by atoms with Crippen LogP contribution < -0.4 is 20.1 Å². The molecule has 2 aliphatic heterocycles. The molecule has 0 aromatic heterocycles. The number of aliphatic imine (C=N–C) groups is 1. The molecule has 1 unspecified atom stereocenters. The normalized spacial score (nSPS) is 19.1. The van der Waals surface area contributed by atoms with Gasteiger partial charge in [-0.05, 0) is 37.6 Å². The predicted octanol–water partition coefficient (Wildman–Crippen LogP) is 1.74. The molecule has 3 rings (SSSR count). The summed E-state index contributed by atoms with van der Waals surface area (Å²) in [5.74, 6) is 3.07. The molecular weight excluding hydrogens is 354 g/mol. The molecule has 7 heteroatoms. The van der Waals surface area contributed by atoms with Gasteiger partial charge in [0.1, 0.15) is 0 Å². The number of nitrogens with zero attached hydrogens (tertiary/aromatic N) is 3. The maximum Gasteiger partial charge on any atom is 0.231 e. The first-order chi connectivity index (χ1) is 13.6. The SMILES string of the molecule is CCNC(=NCc1ccc2c(c1)OCO2)NCC(C(C)C)N1CCN(C)CC1. The Kier molecular flexibility index (Phi) is 7.39. The second kappa shape index (κ2) is 9.98. The fourth-order valence-corrected chi connectivity index (χ4v) is 3.69. The minimum atomic E-state index is 0.301. The molecule has 2 heterocycles. The van der Waals surface area contributed by atoms with Gasteiger partial charge in [-0.25, -0.2) is 4.99 Å². The third-order valence-corrected chi connectivity index (χ3v) is 5.46. The second-order valence-corrected chi connectivity index (χ2v) is 7.91. The fraction of sp³-hybridized carbons (Fsp3) is 0.667. The van der Waals surface area contributed by atoms with Crippen LogP contribution >= 0.6 is 0 Å². The van der Waals surface area contributed by atoms with E-state index in [1.807, 2.05) is 18.2 Å². The molecule has 7 nitrogen and oxygen atoms in total. The van der Waals surface area contributed by atoms with Crippen molar-refractivity contribution in [2.45, 2.75) is 33.4 Å². The van der Waals surface area contributed by atoms with Gasteiger partial charge < -0.3 is 25.0 Å². The van der Waals surface area contributed by atoms with Crippen LogP contribution in [0.25, 0.3) is 0 Å². The molecule has 28 heavy (non-hydrogen) atoms. The topological polar surface area (TPSA) is 61.4 Å². The number of likely N-dealkylation sites (N-methyl/N-ethyl adjacent to an activating group) is 1. The highest BCUT2D eigenvalue weighted by atomic mass is 16.7. The molecule has 0 bridgehead atoms. The van der Waals surface area contributed by atoms with Gasteiger partial charge in [0.2, 0.25) is 6.79 Å². The van der Waals surface area contributed by atoms with E-state index in [1.165, 1.54) is 0 Å². The van der Waals surface area contributed by atoms with Gasteiger partial charge in [-0.3, -0.25) is 4.90 Å². The van der Waals surface area contributed by atoms with Crippen molar-refractivity contribution < 1.29 is 9.47 Å². The van der Waals surface area contributed by atoms with Crippen LogP contribution in [-0.2, 0) is 6.54 Å². The number of nitrogens with one attached hydrogen (secondary N) is 2. The summed E-state index contributed by atoms with van der Waals surface area (Å²) in [5, 5.41) is 6.93. The highest BCUT2D eigenvalue weighted by Crippen LogP contribution is 2.32. The van der Waals surface area contributed by atoms with Gasteiger partial charge in [0.05, 0.1) is 6.54 Å². The maximum atomic E-state index is 5.46. The average molecular weight is 390 g/mol. The third kappa shape index (κ3) is 5.52. The number of piperazine rings is 1. The van der Waals surface area contributed by atoms with Crippen LogP contribution in [-0.4, -0.2) is 74.9 Å². The van der Waals surface area contributed by atoms with Gasteiger partial charge >= 0.3 is 0 Å². The average Bonchev–Trinajstić information content (AvgIpc) is 3.15. The summed E-state index contributed by atoms with van der Waals surface area (Å²) >= 11 is 0. The number of ether oxygens (including phenoxy) is 2. The Bertz CT molecular complexity index is 656. The maximum absolute atomic E-state index is 5.46. The van der Waals surface area contributed by atoms with Crippen molar-refractivity contribution in [1.82, 2.24) is 20.4 Å². The van der Waals surface area contributed by atoms with Gasteiger partial charge in [-0.1, -0.05) is 19.9 Å². The first-order valence-corrected chi connectivity index (χ1v) is 10.4. The third-order valence-electron chi connectivity index (χ3n) is 5.46. The van der Waals surface area contributed by atoms with Crippen molar-refractivity contribution in [3.05, 3.63) is 23.8 Å². The van der Waals surface area contributed by atoms with E-state index in [-0.39, 0.29) is 0 Å². The first-order valence-electron chi connectivity index (χ1n) is 10.4. The lowest BCUT2D eigenvalue weighted by atomic mass is 10.0. The summed E-state index contributed by atoms with van der Waals surface area (Å²) in [6.45, 7) is 13.9. The molecule has 0 saturated carbocycles. The number of benzene rings is 1. The monoisotopic (exact) mass is 389 g/mol. The smallest absolute Gasteiger partial charge is 0.231 e. The van der Waals surface area contributed by atoms with Gasteiger partial charge in [0.15, 0.2) is 17.5 Å². The lowest BCUT2D eigenvalue weighted by Gasteiger charge is -2.40. The lowest BCUT2D eigenvalue weighted by molar-refractivity contribution is 0.0900. The summed E-state index contributed by atoms with van der Waals surface area (Å²) < 4.78 is 10.8. The molecule has 156 valence electrons. The van der Waals surface area contributed by atoms with E-state index >= 15 is 0 Å². The molecule has 0 aliphatic carbocycles. The summed E-state index contributed by atoms with van der Waals surface area (Å²) in [6, 6.07) is 6.51. The number of fused-ring (bicyclic) bond motifs is 1. The molecule has 0 spiro atoms. The Morgan fingerprint density at radius 1 is 1.11 bits per heavy atom. The van der Waals surface area contributed by atoms with Gasteiger partial charge in [0.25, 0.3) is 0 Å². The number of guanidine groups is 1. The molecule has 1 fully saturated rings. The Morgan fingerprint density at radius 2 is 1.86 bits per heavy atom. The lowest BCUT2D eigenvalue weighted by Crippen LogP contribution is -2.55. The van der Waals surface area contributed by atoms with Gasteiger partial charge in [-0.15, -0.1) is 0 Å². The van der Waals surface area contributed by atoms with Crippen molar-refractivity contribution in [3.63, 3.8) is 0 Å². The number of rotatable bonds is 7. The molecule has 1 atom stereocenters. The second-order valence-electron chi connectivity index (χ2n) is 7.91. The van der Waals surface area contributed by atoms with Crippen LogP contribution in [0.5, 0.6) is 11.5 Å². The van der Waals surface area contributed by atoms with Crippen molar-refractivity contribution in [3.8, 4) is 11.5 Å². The largest absolute Gasteiger partial charge is 0.454 e. The summed E-state index contributed by atoms with van der Waals surface area (Å²) in [5.41, 5.74) is 1.11. The minimum Gasteiger partial charge on any atom is -0.454 e. The predicted molar refractivity (Wildman–Crippen MR) is 113 cm³/mol. The number of hydrogen-bond acceptors (Lipinski definition) is 5. The van der Waals surface area contributed by atoms with Gasteiger partial charge in [-0.2, -0.15) is 0 Å². The van der Waals surface area contributed by atoms with Gasteiger partial charge in [0, 0.05) is 45.3 Å². The van der Waals surface area contributed by atoms with E-state index in [0.29, 0.717) is 25.3 Å². The van der Waals surface area contributed by atoms with Crippen molar-refractivity contribution >= 4 is 5.96 Å². The standard InChI is InChI=1S/C21H35N5O2/c1-5-22-21(23-13-17-6-7-19-20(12-17)28-15-27-19)24-14-18(16(2)3)26-10-8-25(4)9-11-26/h6-7,12,16,18H,5,8-11,13-15H2,1-4H3,(H2,22,23,24). The van der Waals surface area contributed by atoms with Crippen LogP contribution in [0.3, 0.4) is 0 Å². The Hall–Kier alpha value is -1.99. The van der Waals surface area contributed by atoms with Crippen LogP contribution in [0.1, 0.15) is 26.3 Å². The van der Waals surface area contributed by atoms with Crippen molar-refractivity contribution in [2.75, 3.05) is 53.1 Å². The first kappa shape index (κ1) is 20.7. The Morgan fingerprint density at radius 3 is 2.57 bits per heavy atom. The van der Waals surface area contributed by atoms with Crippen LogP contribution in [0, 0.1) is 5.92 Å². The molecule has 2 N–H and O–H groups in total. The van der Waals surface area contributed by atoms with E-state index in [0.717, 1.165) is 62.3 Å². The molecule has 1 aromatic rings. The summed E-state index contributed by atoms with van der Waals surface area (Å²) in [4.78, 5) is 9.78. The zero-order chi connectivity index (χ0) is 19.9. The van der Waals surface area contributed by atoms with Crippen LogP contribution in [0.15, 0.2) is 23.2 Å². The fourth-order valence-electron chi connectivity index (χ4n) is 3.69. The highest BCUT2D eigenvalue weighted by molar-refractivity contribution is 5.79. The van der Waals surface area contributed by atoms with E-state index in [4.69, 9.17) is 14.5 Å². The van der Waals surface area contributed by atoms with Crippen LogP contribution in [0.2, 0.25) is 0 Å². The molecule has 2 aliphatic rings. The Labute approximate surface area is 169 Å². The summed E-state index contributed by atoms with van der Waals surface area (Å²) in [6.07, 6.45) is 0. The molecule has 1 saturated heterocycles. The zero-order valence-electron chi connectivity index (χ0n) is 17.7. The zero-order valence-corrected chi connectivity index (χ0v) is 17.7. The van der Waals surface area contributed by atoms with E-state index in [9.17, 15) is 0 Å². The summed E-state index contributed by atoms with van der Waals surface area (Å²) in [7, 11) is 2.20. The molecular formula is C21H35N5O2. The molecule has 0 radical (unpaired) electrons. The van der Waals surface area contributed by atoms with E-state index in [2.05, 4.69) is 48.3 Å². The van der Waals surface area contributed by atoms with Crippen molar-refractivity contribution in [1.29, 1.82) is 0 Å². The molecule has 0 amide bonds. The van der Waals surface area contributed by atoms with Crippen LogP contribution in [0.4, 0.5) is 0 Å². The minimum absolute atomic E-state index is 0.301.